The van der Waals surface area contributed by atoms with Crippen LogP contribution in [0.4, 0.5) is 26.3 Å². The Hall–Kier alpha value is -1.22. The van der Waals surface area contributed by atoms with E-state index in [4.69, 9.17) is 5.11 Å². The van der Waals surface area contributed by atoms with Gasteiger partial charge in [0.15, 0.2) is 6.10 Å². The van der Waals surface area contributed by atoms with Gasteiger partial charge in [-0.2, -0.15) is 26.3 Å². The molecule has 0 aliphatic rings. The van der Waals surface area contributed by atoms with Gasteiger partial charge in [0, 0.05) is 18.0 Å². The molecule has 1 N–H and O–H groups in total. The number of ether oxygens (including phenoxy) is 1. The van der Waals surface area contributed by atoms with Gasteiger partial charge in [-0.25, -0.2) is 0 Å². The van der Waals surface area contributed by atoms with E-state index in [-0.39, 0.29) is 0 Å². The third-order valence-electron chi connectivity index (χ3n) is 1.91. The Morgan fingerprint density at radius 1 is 1.22 bits per heavy atom. The van der Waals surface area contributed by atoms with E-state index >= 15 is 0 Å². The van der Waals surface area contributed by atoms with E-state index in [9.17, 15) is 26.3 Å². The Morgan fingerprint density at radius 3 is 2.33 bits per heavy atom. The van der Waals surface area contributed by atoms with Crippen molar-refractivity contribution in [3.05, 3.63) is 24.0 Å². The number of rotatable bonds is 4. The number of halogens is 6. The van der Waals surface area contributed by atoms with Gasteiger partial charge in [-0.3, -0.25) is 0 Å². The SMILES string of the molecule is OC(c1ccn(COCC(F)(F)F)c1)C(F)(F)F. The Bertz CT molecular complexity index is 383. The Kier molecular flexibility index (Phi) is 4.28. The van der Waals surface area contributed by atoms with Crippen LogP contribution < -0.4 is 0 Å². The fraction of sp³-hybridized carbons (Fsp3) is 0.556. The molecule has 0 spiro atoms. The topological polar surface area (TPSA) is 34.4 Å². The fourth-order valence-corrected chi connectivity index (χ4v) is 1.16. The predicted molar refractivity (Wildman–Crippen MR) is 47.5 cm³/mol. The fourth-order valence-electron chi connectivity index (χ4n) is 1.16. The Morgan fingerprint density at radius 2 is 1.83 bits per heavy atom. The Labute approximate surface area is 97.6 Å². The van der Waals surface area contributed by atoms with Crippen LogP contribution in [0, 0.1) is 0 Å². The van der Waals surface area contributed by atoms with Crippen molar-refractivity contribution in [1.82, 2.24) is 4.57 Å². The lowest BCUT2D eigenvalue weighted by Gasteiger charge is -2.12. The molecular formula is C9H9F6NO2. The molecule has 1 atom stereocenters. The summed E-state index contributed by atoms with van der Waals surface area (Å²) in [4.78, 5) is 0. The van der Waals surface area contributed by atoms with Gasteiger partial charge >= 0.3 is 12.4 Å². The molecule has 0 aliphatic heterocycles. The molecule has 0 aliphatic carbocycles. The van der Waals surface area contributed by atoms with Crippen LogP contribution in [0.3, 0.4) is 0 Å². The molecule has 0 aromatic carbocycles. The monoisotopic (exact) mass is 277 g/mol. The number of hydrogen-bond donors (Lipinski definition) is 1. The first-order valence-corrected chi connectivity index (χ1v) is 4.64. The molecule has 0 bridgehead atoms. The molecule has 0 fully saturated rings. The van der Waals surface area contributed by atoms with Crippen molar-refractivity contribution in [1.29, 1.82) is 0 Å². The minimum Gasteiger partial charge on any atom is -0.379 e. The second-order valence-electron chi connectivity index (χ2n) is 3.50. The molecule has 0 radical (unpaired) electrons. The third kappa shape index (κ3) is 4.57. The van der Waals surface area contributed by atoms with Crippen molar-refractivity contribution >= 4 is 0 Å². The number of aromatic nitrogens is 1. The summed E-state index contributed by atoms with van der Waals surface area (Å²) in [6.07, 6.45) is -10.0. The number of aliphatic hydroxyl groups is 1. The third-order valence-corrected chi connectivity index (χ3v) is 1.91. The number of hydrogen-bond acceptors (Lipinski definition) is 2. The average molecular weight is 277 g/mol. The van der Waals surface area contributed by atoms with E-state index in [2.05, 4.69) is 4.74 Å². The molecule has 1 unspecified atom stereocenters. The first-order chi connectivity index (χ1) is 8.09. The summed E-state index contributed by atoms with van der Waals surface area (Å²) in [6.45, 7) is -2.05. The molecule has 1 rings (SSSR count). The van der Waals surface area contributed by atoms with Crippen molar-refractivity contribution in [3.63, 3.8) is 0 Å². The van der Waals surface area contributed by atoms with Gasteiger partial charge in [-0.1, -0.05) is 0 Å². The molecule has 1 aromatic rings. The van der Waals surface area contributed by atoms with Crippen LogP contribution in [-0.2, 0) is 11.5 Å². The highest BCUT2D eigenvalue weighted by Gasteiger charge is 2.39. The van der Waals surface area contributed by atoms with E-state index in [0.717, 1.165) is 23.0 Å². The normalized spacial score (nSPS) is 14.8. The molecule has 0 saturated heterocycles. The van der Waals surface area contributed by atoms with Gasteiger partial charge < -0.3 is 14.4 Å². The van der Waals surface area contributed by atoms with Gasteiger partial charge in [0.1, 0.15) is 13.3 Å². The maximum absolute atomic E-state index is 12.1. The van der Waals surface area contributed by atoms with Crippen LogP contribution in [0.2, 0.25) is 0 Å². The molecule has 18 heavy (non-hydrogen) atoms. The van der Waals surface area contributed by atoms with Crippen molar-refractivity contribution in [2.45, 2.75) is 25.2 Å². The van der Waals surface area contributed by atoms with Gasteiger partial charge in [0.05, 0.1) is 0 Å². The molecule has 0 amide bonds. The van der Waals surface area contributed by atoms with Gasteiger partial charge in [0.2, 0.25) is 0 Å². The first-order valence-electron chi connectivity index (χ1n) is 4.64. The van der Waals surface area contributed by atoms with Crippen molar-refractivity contribution < 1.29 is 36.2 Å². The zero-order valence-electron chi connectivity index (χ0n) is 8.79. The highest BCUT2D eigenvalue weighted by atomic mass is 19.4. The van der Waals surface area contributed by atoms with E-state index in [0.29, 0.717) is 0 Å². The van der Waals surface area contributed by atoms with E-state index in [1.54, 1.807) is 0 Å². The second kappa shape index (κ2) is 5.19. The second-order valence-corrected chi connectivity index (χ2v) is 3.50. The lowest BCUT2D eigenvalue weighted by Crippen LogP contribution is -2.20. The average Bonchev–Trinajstić information content (AvgIpc) is 2.61. The minimum absolute atomic E-state index is 0.460. The van der Waals surface area contributed by atoms with Crippen molar-refractivity contribution in [2.24, 2.45) is 0 Å². The van der Waals surface area contributed by atoms with Gasteiger partial charge in [-0.05, 0) is 6.07 Å². The van der Waals surface area contributed by atoms with Crippen LogP contribution >= 0.6 is 0 Å². The smallest absolute Gasteiger partial charge is 0.379 e. The van der Waals surface area contributed by atoms with E-state index in [1.165, 1.54) is 0 Å². The largest absolute Gasteiger partial charge is 0.418 e. The number of nitrogens with zero attached hydrogens (tertiary/aromatic N) is 1. The highest BCUT2D eigenvalue weighted by Crippen LogP contribution is 2.32. The lowest BCUT2D eigenvalue weighted by molar-refractivity contribution is -0.206. The van der Waals surface area contributed by atoms with Crippen LogP contribution in [0.5, 0.6) is 0 Å². The maximum atomic E-state index is 12.1. The minimum atomic E-state index is -4.82. The predicted octanol–water partition coefficient (Wildman–Crippen LogP) is 2.62. The van der Waals surface area contributed by atoms with Gasteiger partial charge in [0.25, 0.3) is 0 Å². The Balaban J connectivity index is 2.54. The summed E-state index contributed by atoms with van der Waals surface area (Å²) >= 11 is 0. The molecule has 1 aromatic heterocycles. The molecular weight excluding hydrogens is 268 g/mol. The standard InChI is InChI=1S/C9H9F6NO2/c10-8(11,12)4-18-5-16-2-1-6(3-16)7(17)9(13,14)15/h1-3,7,17H,4-5H2. The summed E-state index contributed by atoms with van der Waals surface area (Å²) in [7, 11) is 0. The highest BCUT2D eigenvalue weighted by molar-refractivity contribution is 5.14. The molecule has 104 valence electrons. The first kappa shape index (κ1) is 14.8. The quantitative estimate of drug-likeness (QED) is 0.858. The van der Waals surface area contributed by atoms with E-state index in [1.807, 2.05) is 0 Å². The number of aliphatic hydroxyl groups excluding tert-OH is 1. The molecule has 0 saturated carbocycles. The van der Waals surface area contributed by atoms with Crippen LogP contribution in [-0.4, -0.2) is 28.6 Å². The summed E-state index contributed by atoms with van der Waals surface area (Å²) in [5.41, 5.74) is -0.460. The summed E-state index contributed by atoms with van der Waals surface area (Å²) in [5.74, 6) is 0. The van der Waals surface area contributed by atoms with Crippen LogP contribution in [0.15, 0.2) is 18.5 Å². The lowest BCUT2D eigenvalue weighted by atomic mass is 10.2. The summed E-state index contributed by atoms with van der Waals surface area (Å²) in [6, 6.07) is 0.953. The zero-order chi connectivity index (χ0) is 14.0. The van der Waals surface area contributed by atoms with E-state index < -0.39 is 37.4 Å². The van der Waals surface area contributed by atoms with Crippen molar-refractivity contribution in [3.8, 4) is 0 Å². The van der Waals surface area contributed by atoms with Gasteiger partial charge in [-0.15, -0.1) is 0 Å². The zero-order valence-corrected chi connectivity index (χ0v) is 8.79. The number of alkyl halides is 6. The maximum Gasteiger partial charge on any atom is 0.418 e. The van der Waals surface area contributed by atoms with Crippen LogP contribution in [0.25, 0.3) is 0 Å². The van der Waals surface area contributed by atoms with Crippen molar-refractivity contribution in [2.75, 3.05) is 6.61 Å². The summed E-state index contributed by atoms with van der Waals surface area (Å²) in [5, 5.41) is 8.87. The summed E-state index contributed by atoms with van der Waals surface area (Å²) < 4.78 is 76.7. The molecule has 1 heterocycles. The molecule has 9 heteroatoms. The molecule has 3 nitrogen and oxygen atoms in total. The van der Waals surface area contributed by atoms with Crippen LogP contribution in [0.1, 0.15) is 11.7 Å².